The number of hydrogen-bond donors (Lipinski definition) is 1. The Balaban J connectivity index is 1.95. The molecule has 7 heteroatoms. The predicted molar refractivity (Wildman–Crippen MR) is 79.0 cm³/mol. The van der Waals surface area contributed by atoms with Gasteiger partial charge in [-0.05, 0) is 24.6 Å². The summed E-state index contributed by atoms with van der Waals surface area (Å²) in [5, 5.41) is 3.06. The van der Waals surface area contributed by atoms with E-state index in [2.05, 4.69) is 5.32 Å². The number of carbonyl (C=O) groups excluding carboxylic acids is 3. The Labute approximate surface area is 127 Å². The Morgan fingerprint density at radius 3 is 2.48 bits per heavy atom. The Hall–Kier alpha value is -2.08. The molecular formula is C14H16ClN3O3. The molecule has 0 atom stereocenters. The van der Waals surface area contributed by atoms with E-state index >= 15 is 0 Å². The third kappa shape index (κ3) is 3.72. The first-order valence-electron chi connectivity index (χ1n) is 6.57. The van der Waals surface area contributed by atoms with E-state index in [1.807, 2.05) is 6.92 Å². The van der Waals surface area contributed by atoms with Crippen LogP contribution < -0.4 is 5.32 Å². The lowest BCUT2D eigenvalue weighted by atomic mass is 10.2. The van der Waals surface area contributed by atoms with Gasteiger partial charge in [-0.2, -0.15) is 0 Å². The minimum atomic E-state index is -0.700. The summed E-state index contributed by atoms with van der Waals surface area (Å²) >= 11 is 5.97. The van der Waals surface area contributed by atoms with Gasteiger partial charge in [0.25, 0.3) is 0 Å². The maximum atomic E-state index is 12.0. The van der Waals surface area contributed by atoms with Crippen molar-refractivity contribution in [2.45, 2.75) is 6.92 Å². The lowest BCUT2D eigenvalue weighted by Gasteiger charge is -2.31. The lowest BCUT2D eigenvalue weighted by Crippen LogP contribution is -2.51. The van der Waals surface area contributed by atoms with Crippen LogP contribution >= 0.6 is 11.6 Å². The number of nitrogens with zero attached hydrogens (tertiary/aromatic N) is 2. The Bertz CT molecular complexity index is 569. The number of hydrogen-bond acceptors (Lipinski definition) is 3. The topological polar surface area (TPSA) is 69.7 Å². The maximum Gasteiger partial charge on any atom is 0.313 e. The van der Waals surface area contributed by atoms with E-state index < -0.39 is 11.8 Å². The molecule has 0 aromatic heterocycles. The van der Waals surface area contributed by atoms with Gasteiger partial charge in [-0.25, -0.2) is 0 Å². The molecule has 1 heterocycles. The molecule has 2 rings (SSSR count). The van der Waals surface area contributed by atoms with Crippen molar-refractivity contribution in [2.75, 3.05) is 31.5 Å². The summed E-state index contributed by atoms with van der Waals surface area (Å²) in [6.45, 7) is 3.46. The first kappa shape index (κ1) is 15.3. The molecule has 0 radical (unpaired) electrons. The maximum absolute atomic E-state index is 12.0. The Kier molecular flexibility index (Phi) is 4.80. The second kappa shape index (κ2) is 6.58. The van der Waals surface area contributed by atoms with Crippen LogP contribution in [0.5, 0.6) is 0 Å². The molecule has 1 saturated heterocycles. The molecule has 0 unspecified atom stereocenters. The van der Waals surface area contributed by atoms with Crippen LogP contribution in [0, 0.1) is 6.92 Å². The number of benzene rings is 1. The summed E-state index contributed by atoms with van der Waals surface area (Å²) in [7, 11) is 0. The van der Waals surface area contributed by atoms with Gasteiger partial charge in [-0.1, -0.05) is 17.7 Å². The van der Waals surface area contributed by atoms with Gasteiger partial charge in [0.2, 0.25) is 6.41 Å². The number of rotatable bonds is 2. The van der Waals surface area contributed by atoms with Gasteiger partial charge in [0.15, 0.2) is 0 Å². The smallest absolute Gasteiger partial charge is 0.313 e. The van der Waals surface area contributed by atoms with Gasteiger partial charge < -0.3 is 15.1 Å². The van der Waals surface area contributed by atoms with Crippen molar-refractivity contribution in [2.24, 2.45) is 0 Å². The first-order valence-corrected chi connectivity index (χ1v) is 6.95. The zero-order valence-electron chi connectivity index (χ0n) is 11.6. The van der Waals surface area contributed by atoms with Crippen molar-refractivity contribution in [1.82, 2.24) is 9.80 Å². The Morgan fingerprint density at radius 1 is 1.24 bits per heavy atom. The zero-order valence-corrected chi connectivity index (χ0v) is 12.4. The SMILES string of the molecule is Cc1ccc(NC(=O)C(=O)N2CCN(C=O)CC2)cc1Cl. The fraction of sp³-hybridized carbons (Fsp3) is 0.357. The monoisotopic (exact) mass is 309 g/mol. The minimum absolute atomic E-state index is 0.361. The quantitative estimate of drug-likeness (QED) is 0.651. The van der Waals surface area contributed by atoms with Gasteiger partial charge >= 0.3 is 11.8 Å². The van der Waals surface area contributed by atoms with E-state index in [1.165, 1.54) is 4.90 Å². The summed E-state index contributed by atoms with van der Waals surface area (Å²) in [5.41, 5.74) is 1.38. The zero-order chi connectivity index (χ0) is 15.4. The molecule has 1 fully saturated rings. The lowest BCUT2D eigenvalue weighted by molar-refractivity contribution is -0.144. The highest BCUT2D eigenvalue weighted by molar-refractivity contribution is 6.39. The van der Waals surface area contributed by atoms with Crippen LogP contribution in [0.2, 0.25) is 5.02 Å². The van der Waals surface area contributed by atoms with E-state index in [0.717, 1.165) is 12.0 Å². The second-order valence-corrected chi connectivity index (χ2v) is 5.26. The van der Waals surface area contributed by atoms with Crippen LogP contribution in [0.1, 0.15) is 5.56 Å². The summed E-state index contributed by atoms with van der Waals surface area (Å²) in [5.74, 6) is -1.30. The number of piperazine rings is 1. The molecule has 0 spiro atoms. The third-order valence-corrected chi connectivity index (χ3v) is 3.78. The van der Waals surface area contributed by atoms with E-state index in [1.54, 1.807) is 23.1 Å². The molecule has 1 aromatic carbocycles. The average molecular weight is 310 g/mol. The summed E-state index contributed by atoms with van der Waals surface area (Å²) in [4.78, 5) is 37.6. The van der Waals surface area contributed by atoms with Crippen LogP contribution in [0.15, 0.2) is 18.2 Å². The molecule has 1 aliphatic heterocycles. The summed E-state index contributed by atoms with van der Waals surface area (Å²) in [6, 6.07) is 5.06. The predicted octanol–water partition coefficient (Wildman–Crippen LogP) is 0.888. The average Bonchev–Trinajstić information content (AvgIpc) is 2.50. The molecule has 0 bridgehead atoms. The number of nitrogens with one attached hydrogen (secondary N) is 1. The number of carbonyl (C=O) groups is 3. The van der Waals surface area contributed by atoms with Crippen LogP contribution in [0.3, 0.4) is 0 Å². The van der Waals surface area contributed by atoms with Crippen LogP contribution in [-0.2, 0) is 14.4 Å². The normalized spacial score (nSPS) is 14.8. The van der Waals surface area contributed by atoms with Crippen LogP contribution in [0.4, 0.5) is 5.69 Å². The van der Waals surface area contributed by atoms with Crippen LogP contribution in [-0.4, -0.2) is 54.2 Å². The fourth-order valence-corrected chi connectivity index (χ4v) is 2.21. The third-order valence-electron chi connectivity index (χ3n) is 3.37. The van der Waals surface area contributed by atoms with E-state index in [0.29, 0.717) is 36.9 Å². The highest BCUT2D eigenvalue weighted by Gasteiger charge is 2.25. The van der Waals surface area contributed by atoms with E-state index in [9.17, 15) is 14.4 Å². The largest absolute Gasteiger partial charge is 0.342 e. The van der Waals surface area contributed by atoms with Gasteiger partial charge in [0.05, 0.1) is 0 Å². The van der Waals surface area contributed by atoms with Crippen molar-refractivity contribution >= 4 is 35.5 Å². The summed E-state index contributed by atoms with van der Waals surface area (Å²) < 4.78 is 0. The Morgan fingerprint density at radius 2 is 1.90 bits per heavy atom. The van der Waals surface area contributed by atoms with Gasteiger partial charge in [0, 0.05) is 36.9 Å². The first-order chi connectivity index (χ1) is 10.0. The molecule has 3 amide bonds. The molecule has 112 valence electrons. The van der Waals surface area contributed by atoms with Crippen molar-refractivity contribution in [3.05, 3.63) is 28.8 Å². The van der Waals surface area contributed by atoms with Crippen molar-refractivity contribution in [3.63, 3.8) is 0 Å². The standard InChI is InChI=1S/C14H16ClN3O3/c1-10-2-3-11(8-12(10)15)16-13(20)14(21)18-6-4-17(9-19)5-7-18/h2-3,8-9H,4-7H2,1H3,(H,16,20). The fourth-order valence-electron chi connectivity index (χ4n) is 2.03. The highest BCUT2D eigenvalue weighted by atomic mass is 35.5. The van der Waals surface area contributed by atoms with Crippen LogP contribution in [0.25, 0.3) is 0 Å². The molecule has 1 aromatic rings. The molecule has 21 heavy (non-hydrogen) atoms. The highest BCUT2D eigenvalue weighted by Crippen LogP contribution is 2.20. The number of halogens is 1. The van der Waals surface area contributed by atoms with Crippen molar-refractivity contribution < 1.29 is 14.4 Å². The molecular weight excluding hydrogens is 294 g/mol. The van der Waals surface area contributed by atoms with Crippen molar-refractivity contribution in [3.8, 4) is 0 Å². The molecule has 0 saturated carbocycles. The molecule has 1 aliphatic rings. The number of aryl methyl sites for hydroxylation is 1. The van der Waals surface area contributed by atoms with Gasteiger partial charge in [0.1, 0.15) is 0 Å². The number of anilines is 1. The van der Waals surface area contributed by atoms with E-state index in [-0.39, 0.29) is 0 Å². The van der Waals surface area contributed by atoms with Gasteiger partial charge in [-0.3, -0.25) is 14.4 Å². The second-order valence-electron chi connectivity index (χ2n) is 4.85. The molecule has 6 nitrogen and oxygen atoms in total. The minimum Gasteiger partial charge on any atom is -0.342 e. The number of amides is 3. The summed E-state index contributed by atoms with van der Waals surface area (Å²) in [6.07, 6.45) is 0.746. The van der Waals surface area contributed by atoms with Gasteiger partial charge in [-0.15, -0.1) is 0 Å². The molecule has 0 aliphatic carbocycles. The van der Waals surface area contributed by atoms with Crippen molar-refractivity contribution in [1.29, 1.82) is 0 Å². The molecule has 1 N–H and O–H groups in total. The van der Waals surface area contributed by atoms with E-state index in [4.69, 9.17) is 11.6 Å².